The second-order valence-electron chi connectivity index (χ2n) is 5.27. The molecule has 2 rings (SSSR count). The number of likely N-dealkylation sites (N-methyl/N-ethyl adjacent to an activating group) is 1. The van der Waals surface area contributed by atoms with Crippen LogP contribution in [0.4, 0.5) is 8.78 Å². The van der Waals surface area contributed by atoms with Gasteiger partial charge in [-0.1, -0.05) is 12.1 Å². The van der Waals surface area contributed by atoms with E-state index in [-0.39, 0.29) is 5.75 Å². The highest BCUT2D eigenvalue weighted by molar-refractivity contribution is 5.27. The van der Waals surface area contributed by atoms with Crippen molar-refractivity contribution in [2.24, 2.45) is 0 Å². The average Bonchev–Trinajstić information content (AvgIpc) is 2.42. The Morgan fingerprint density at radius 2 is 1.75 bits per heavy atom. The molecule has 0 N–H and O–H groups in total. The van der Waals surface area contributed by atoms with Crippen molar-refractivity contribution in [2.75, 3.05) is 39.8 Å². The largest absolute Gasteiger partial charge is 0.435 e. The maximum atomic E-state index is 12.0. The molecular weight excluding hydrogens is 262 g/mol. The molecule has 1 fully saturated rings. The highest BCUT2D eigenvalue weighted by Gasteiger charge is 2.12. The summed E-state index contributed by atoms with van der Waals surface area (Å²) in [6.45, 7) is 2.90. The van der Waals surface area contributed by atoms with Gasteiger partial charge >= 0.3 is 6.61 Å². The summed E-state index contributed by atoms with van der Waals surface area (Å²) in [6.07, 6.45) is 2.07. The molecular formula is C15H22F2N2O. The Balaban J connectivity index is 1.69. The van der Waals surface area contributed by atoms with E-state index in [9.17, 15) is 8.78 Å². The van der Waals surface area contributed by atoms with E-state index < -0.39 is 6.61 Å². The van der Waals surface area contributed by atoms with E-state index in [4.69, 9.17) is 0 Å². The normalized spacial score (nSPS) is 17.6. The van der Waals surface area contributed by atoms with Crippen LogP contribution in [0.3, 0.4) is 0 Å². The van der Waals surface area contributed by atoms with Crippen LogP contribution in [0.15, 0.2) is 24.3 Å². The zero-order chi connectivity index (χ0) is 14.4. The van der Waals surface area contributed by atoms with E-state index in [0.29, 0.717) is 0 Å². The molecule has 1 heterocycles. The minimum Gasteiger partial charge on any atom is -0.435 e. The molecule has 1 aromatic rings. The van der Waals surface area contributed by atoms with Crippen LogP contribution in [-0.2, 0) is 6.42 Å². The van der Waals surface area contributed by atoms with E-state index in [1.807, 2.05) is 12.1 Å². The van der Waals surface area contributed by atoms with Crippen LogP contribution in [-0.4, -0.2) is 56.2 Å². The third kappa shape index (κ3) is 5.06. The summed E-state index contributed by atoms with van der Waals surface area (Å²) in [4.78, 5) is 4.83. The quantitative estimate of drug-likeness (QED) is 0.798. The van der Waals surface area contributed by atoms with E-state index >= 15 is 0 Å². The Morgan fingerprint density at radius 3 is 2.35 bits per heavy atom. The van der Waals surface area contributed by atoms with Gasteiger partial charge in [-0.15, -0.1) is 0 Å². The first-order valence-corrected chi connectivity index (χ1v) is 7.08. The Bertz CT molecular complexity index is 389. The van der Waals surface area contributed by atoms with E-state index in [1.54, 1.807) is 12.1 Å². The highest BCUT2D eigenvalue weighted by atomic mass is 19.3. The third-order valence-corrected chi connectivity index (χ3v) is 3.68. The standard InChI is InChI=1S/C15H22F2N2O/c1-18-9-11-19(12-10-18)8-2-3-13-4-6-14(7-5-13)20-15(16)17/h4-7,15H,2-3,8-12H2,1H3. The molecule has 0 aliphatic carbocycles. The van der Waals surface area contributed by atoms with Gasteiger partial charge in [0.2, 0.25) is 0 Å². The summed E-state index contributed by atoms with van der Waals surface area (Å²) in [5, 5.41) is 0. The van der Waals surface area contributed by atoms with Gasteiger partial charge in [-0.25, -0.2) is 0 Å². The summed E-state index contributed by atoms with van der Waals surface area (Å²) in [5.74, 6) is 0.225. The van der Waals surface area contributed by atoms with Gasteiger partial charge < -0.3 is 14.5 Å². The average molecular weight is 284 g/mol. The molecule has 1 saturated heterocycles. The number of hydrogen-bond acceptors (Lipinski definition) is 3. The van der Waals surface area contributed by atoms with Crippen molar-refractivity contribution in [3.63, 3.8) is 0 Å². The van der Waals surface area contributed by atoms with Crippen molar-refractivity contribution in [3.8, 4) is 5.75 Å². The Labute approximate surface area is 119 Å². The number of halogens is 2. The van der Waals surface area contributed by atoms with Gasteiger partial charge in [0.1, 0.15) is 5.75 Å². The third-order valence-electron chi connectivity index (χ3n) is 3.68. The number of ether oxygens (including phenoxy) is 1. The Kier molecular flexibility index (Phi) is 5.73. The lowest BCUT2D eigenvalue weighted by atomic mass is 10.1. The van der Waals surface area contributed by atoms with Crippen molar-refractivity contribution in [3.05, 3.63) is 29.8 Å². The molecule has 0 aromatic heterocycles. The minimum atomic E-state index is -2.75. The number of hydrogen-bond donors (Lipinski definition) is 0. The van der Waals surface area contributed by atoms with Crippen LogP contribution >= 0.6 is 0 Å². The molecule has 5 heteroatoms. The zero-order valence-electron chi connectivity index (χ0n) is 11.9. The van der Waals surface area contributed by atoms with Crippen molar-refractivity contribution < 1.29 is 13.5 Å². The lowest BCUT2D eigenvalue weighted by Gasteiger charge is -2.32. The lowest BCUT2D eigenvalue weighted by Crippen LogP contribution is -2.44. The number of aryl methyl sites for hydroxylation is 1. The van der Waals surface area contributed by atoms with E-state index in [1.165, 1.54) is 5.56 Å². The Hall–Kier alpha value is -1.20. The maximum absolute atomic E-state index is 12.0. The van der Waals surface area contributed by atoms with Crippen molar-refractivity contribution in [1.82, 2.24) is 9.80 Å². The molecule has 20 heavy (non-hydrogen) atoms. The number of alkyl halides is 2. The Morgan fingerprint density at radius 1 is 1.10 bits per heavy atom. The second-order valence-corrected chi connectivity index (χ2v) is 5.27. The minimum absolute atomic E-state index is 0.225. The summed E-state index contributed by atoms with van der Waals surface area (Å²) in [6, 6.07) is 6.94. The zero-order valence-corrected chi connectivity index (χ0v) is 11.9. The number of piperazine rings is 1. The molecule has 3 nitrogen and oxygen atoms in total. The number of nitrogens with zero attached hydrogens (tertiary/aromatic N) is 2. The van der Waals surface area contributed by atoms with Gasteiger partial charge in [-0.2, -0.15) is 8.78 Å². The molecule has 112 valence electrons. The fraction of sp³-hybridized carbons (Fsp3) is 0.600. The SMILES string of the molecule is CN1CCN(CCCc2ccc(OC(F)F)cc2)CC1. The first kappa shape index (κ1) is 15.2. The molecule has 0 unspecified atom stereocenters. The summed E-state index contributed by atoms with van der Waals surface area (Å²) >= 11 is 0. The molecule has 0 amide bonds. The first-order valence-electron chi connectivity index (χ1n) is 7.08. The summed E-state index contributed by atoms with van der Waals surface area (Å²) in [5.41, 5.74) is 1.17. The number of rotatable bonds is 6. The van der Waals surface area contributed by atoms with Crippen molar-refractivity contribution in [1.29, 1.82) is 0 Å². The predicted molar refractivity (Wildman–Crippen MR) is 75.3 cm³/mol. The fourth-order valence-corrected chi connectivity index (χ4v) is 2.42. The first-order chi connectivity index (χ1) is 9.63. The van der Waals surface area contributed by atoms with Gasteiger partial charge in [-0.3, -0.25) is 0 Å². The van der Waals surface area contributed by atoms with Gasteiger partial charge in [-0.05, 0) is 44.1 Å². The molecule has 0 atom stereocenters. The van der Waals surface area contributed by atoms with Crippen LogP contribution in [0, 0.1) is 0 Å². The monoisotopic (exact) mass is 284 g/mol. The molecule has 1 aliphatic rings. The van der Waals surface area contributed by atoms with Crippen LogP contribution in [0.25, 0.3) is 0 Å². The molecule has 1 aliphatic heterocycles. The van der Waals surface area contributed by atoms with Crippen LogP contribution < -0.4 is 4.74 Å². The van der Waals surface area contributed by atoms with Crippen LogP contribution in [0.2, 0.25) is 0 Å². The smallest absolute Gasteiger partial charge is 0.387 e. The topological polar surface area (TPSA) is 15.7 Å². The van der Waals surface area contributed by atoms with Crippen molar-refractivity contribution >= 4 is 0 Å². The molecule has 1 aromatic carbocycles. The van der Waals surface area contributed by atoms with E-state index in [2.05, 4.69) is 21.6 Å². The summed E-state index contributed by atoms with van der Waals surface area (Å²) in [7, 11) is 2.15. The number of benzene rings is 1. The van der Waals surface area contributed by atoms with Crippen LogP contribution in [0.1, 0.15) is 12.0 Å². The van der Waals surface area contributed by atoms with Gasteiger partial charge in [0, 0.05) is 26.2 Å². The van der Waals surface area contributed by atoms with Gasteiger partial charge in [0.25, 0.3) is 0 Å². The maximum Gasteiger partial charge on any atom is 0.387 e. The second kappa shape index (κ2) is 7.55. The van der Waals surface area contributed by atoms with Crippen LogP contribution in [0.5, 0.6) is 5.75 Å². The molecule has 0 radical (unpaired) electrons. The molecule has 0 saturated carbocycles. The molecule has 0 bridgehead atoms. The van der Waals surface area contributed by atoms with Gasteiger partial charge in [0.15, 0.2) is 0 Å². The molecule has 0 spiro atoms. The van der Waals surface area contributed by atoms with E-state index in [0.717, 1.165) is 45.6 Å². The van der Waals surface area contributed by atoms with Crippen molar-refractivity contribution in [2.45, 2.75) is 19.5 Å². The predicted octanol–water partition coefficient (Wildman–Crippen LogP) is 2.47. The summed E-state index contributed by atoms with van der Waals surface area (Å²) < 4.78 is 28.4. The lowest BCUT2D eigenvalue weighted by molar-refractivity contribution is -0.0498. The fourth-order valence-electron chi connectivity index (χ4n) is 2.42. The van der Waals surface area contributed by atoms with Gasteiger partial charge in [0.05, 0.1) is 0 Å². The highest BCUT2D eigenvalue weighted by Crippen LogP contribution is 2.16.